The van der Waals surface area contributed by atoms with Crippen LogP contribution in [-0.4, -0.2) is 97.4 Å². The quantitative estimate of drug-likeness (QED) is 0.233. The van der Waals surface area contributed by atoms with Gasteiger partial charge in [0.25, 0.3) is 0 Å². The second kappa shape index (κ2) is 15.0. The van der Waals surface area contributed by atoms with Gasteiger partial charge in [-0.1, -0.05) is 22.9 Å². The largest absolute Gasteiger partial charge is 0.468 e. The minimum Gasteiger partial charge on any atom is -0.468 e. The van der Waals surface area contributed by atoms with Gasteiger partial charge in [-0.15, -0.1) is 5.10 Å². The van der Waals surface area contributed by atoms with Gasteiger partial charge in [0.15, 0.2) is 24.5 Å². The van der Waals surface area contributed by atoms with Gasteiger partial charge in [0.05, 0.1) is 23.9 Å². The molecule has 45 heavy (non-hydrogen) atoms. The molecule has 1 aromatic heterocycles. The van der Waals surface area contributed by atoms with Gasteiger partial charge < -0.3 is 28.4 Å². The highest BCUT2D eigenvalue weighted by Gasteiger charge is 2.53. The number of nitrogens with zero attached hydrogens (tertiary/aromatic N) is 3. The zero-order valence-electron chi connectivity index (χ0n) is 25.3. The standard InChI is InChI=1S/C27H34N4O13S/c1-14-7-9-20(10-8-14)45(37,38)29-21(27(36)39-6)11-19-12-31(30-28-19)26-25(43-18(5)35)24(42-17(4)34)23(41-16(3)33)22(44-26)13-40-15(2)32/h7-10,12,21-26,29H,11,13H2,1-6H3/t21-,22+,23+,24-,25+,26+/m0/s1. The fourth-order valence-electron chi connectivity index (χ4n) is 4.45. The molecule has 2 heterocycles. The summed E-state index contributed by atoms with van der Waals surface area (Å²) in [6.45, 7) is 5.73. The Morgan fingerprint density at radius 2 is 1.49 bits per heavy atom. The van der Waals surface area contributed by atoms with E-state index in [0.29, 0.717) is 0 Å². The summed E-state index contributed by atoms with van der Waals surface area (Å²) in [6, 6.07) is 4.53. The molecular formula is C27H34N4O13S. The lowest BCUT2D eigenvalue weighted by molar-refractivity contribution is -0.270. The van der Waals surface area contributed by atoms with Gasteiger partial charge >= 0.3 is 29.8 Å². The van der Waals surface area contributed by atoms with Gasteiger partial charge in [-0.25, -0.2) is 13.1 Å². The monoisotopic (exact) mass is 654 g/mol. The molecule has 0 saturated carbocycles. The number of ether oxygens (including phenoxy) is 6. The lowest BCUT2D eigenvalue weighted by Gasteiger charge is -2.44. The molecule has 1 N–H and O–H groups in total. The normalized spacial score (nSPS) is 22.0. The average Bonchev–Trinajstić information content (AvgIpc) is 3.41. The van der Waals surface area contributed by atoms with Crippen molar-refractivity contribution in [3.8, 4) is 0 Å². The van der Waals surface area contributed by atoms with E-state index < -0.39 is 83.2 Å². The molecule has 0 bridgehead atoms. The zero-order valence-corrected chi connectivity index (χ0v) is 26.1. The predicted molar refractivity (Wildman–Crippen MR) is 148 cm³/mol. The van der Waals surface area contributed by atoms with Crippen molar-refractivity contribution in [1.82, 2.24) is 19.7 Å². The summed E-state index contributed by atoms with van der Waals surface area (Å²) >= 11 is 0. The van der Waals surface area contributed by atoms with Gasteiger partial charge in [-0.2, -0.15) is 4.72 Å². The van der Waals surface area contributed by atoms with Crippen molar-refractivity contribution in [3.05, 3.63) is 41.7 Å². The van der Waals surface area contributed by atoms with Crippen LogP contribution in [0.3, 0.4) is 0 Å². The SMILES string of the molecule is COC(=O)[C@H](Cc1cn([C@@H]2O[C@H](COC(C)=O)[C@@H](OC(C)=O)[C@H](OC(C)=O)[C@H]2OC(C)=O)nn1)NS(=O)(=O)c1ccc(C)cc1. The van der Waals surface area contributed by atoms with Crippen LogP contribution in [-0.2, 0) is 68.8 Å². The average molecular weight is 655 g/mol. The fraction of sp³-hybridized carbons (Fsp3) is 0.519. The number of methoxy groups -OCH3 is 1. The fourth-order valence-corrected chi connectivity index (χ4v) is 5.63. The molecule has 3 rings (SSSR count). The second-order valence-corrected chi connectivity index (χ2v) is 11.7. The maximum Gasteiger partial charge on any atom is 0.324 e. The molecule has 246 valence electrons. The summed E-state index contributed by atoms with van der Waals surface area (Å²) in [7, 11) is -3.08. The Bertz CT molecular complexity index is 1510. The van der Waals surface area contributed by atoms with E-state index in [-0.39, 0.29) is 17.0 Å². The number of hydrogen-bond acceptors (Lipinski definition) is 15. The van der Waals surface area contributed by atoms with E-state index in [9.17, 15) is 32.4 Å². The maximum absolute atomic E-state index is 13.0. The van der Waals surface area contributed by atoms with Crippen molar-refractivity contribution < 1.29 is 60.8 Å². The summed E-state index contributed by atoms with van der Waals surface area (Å²) < 4.78 is 61.5. The van der Waals surface area contributed by atoms with E-state index in [1.807, 2.05) is 0 Å². The highest BCUT2D eigenvalue weighted by atomic mass is 32.2. The Morgan fingerprint density at radius 1 is 0.911 bits per heavy atom. The summed E-state index contributed by atoms with van der Waals surface area (Å²) in [5.74, 6) is -4.02. The Morgan fingerprint density at radius 3 is 2.04 bits per heavy atom. The van der Waals surface area contributed by atoms with Crippen LogP contribution in [0, 0.1) is 6.92 Å². The number of hydrogen-bond donors (Lipinski definition) is 1. The molecule has 1 aliphatic rings. The number of sulfonamides is 1. The van der Waals surface area contributed by atoms with Crippen molar-refractivity contribution in [2.75, 3.05) is 13.7 Å². The third kappa shape index (κ3) is 9.53. The van der Waals surface area contributed by atoms with E-state index in [1.54, 1.807) is 19.1 Å². The highest BCUT2D eigenvalue weighted by Crippen LogP contribution is 2.34. The summed E-state index contributed by atoms with van der Waals surface area (Å²) in [5.41, 5.74) is 0.905. The molecule has 17 nitrogen and oxygen atoms in total. The number of esters is 5. The van der Waals surface area contributed by atoms with Crippen molar-refractivity contribution in [3.63, 3.8) is 0 Å². The van der Waals surface area contributed by atoms with E-state index in [1.165, 1.54) is 18.3 Å². The number of nitrogens with one attached hydrogen (secondary N) is 1. The first-order valence-corrected chi connectivity index (χ1v) is 15.0. The van der Waals surface area contributed by atoms with Crippen LogP contribution < -0.4 is 4.72 Å². The number of carbonyl (C=O) groups excluding carboxylic acids is 5. The first-order chi connectivity index (χ1) is 21.1. The highest BCUT2D eigenvalue weighted by molar-refractivity contribution is 7.89. The molecule has 1 saturated heterocycles. The van der Waals surface area contributed by atoms with Crippen molar-refractivity contribution >= 4 is 39.9 Å². The Hall–Kier alpha value is -4.42. The molecule has 1 aliphatic heterocycles. The first kappa shape index (κ1) is 35.1. The summed E-state index contributed by atoms with van der Waals surface area (Å²) in [5, 5.41) is 7.99. The Labute approximate surface area is 258 Å². The molecule has 2 aromatic rings. The summed E-state index contributed by atoms with van der Waals surface area (Å²) in [6.07, 6.45) is -5.99. The maximum atomic E-state index is 13.0. The molecule has 0 aliphatic carbocycles. The molecule has 0 amide bonds. The van der Waals surface area contributed by atoms with Gasteiger partial charge in [0.2, 0.25) is 10.0 Å². The zero-order chi connectivity index (χ0) is 33.5. The van der Waals surface area contributed by atoms with Crippen molar-refractivity contribution in [2.45, 2.75) is 82.6 Å². The second-order valence-electron chi connectivity index (χ2n) is 9.99. The van der Waals surface area contributed by atoms with E-state index in [2.05, 4.69) is 15.0 Å². The van der Waals surface area contributed by atoms with Crippen LogP contribution >= 0.6 is 0 Å². The van der Waals surface area contributed by atoms with E-state index >= 15 is 0 Å². The van der Waals surface area contributed by atoms with Gasteiger partial charge in [-0.05, 0) is 19.1 Å². The Balaban J connectivity index is 1.97. The predicted octanol–water partition coefficient (Wildman–Crippen LogP) is -0.0953. The molecule has 1 fully saturated rings. The molecule has 18 heteroatoms. The lowest BCUT2D eigenvalue weighted by atomic mass is 9.97. The molecular weight excluding hydrogens is 620 g/mol. The third-order valence-corrected chi connectivity index (χ3v) is 7.80. The number of rotatable bonds is 12. The van der Waals surface area contributed by atoms with E-state index in [4.69, 9.17) is 28.4 Å². The van der Waals surface area contributed by atoms with Crippen LogP contribution in [0.2, 0.25) is 0 Å². The molecule has 0 spiro atoms. The third-order valence-electron chi connectivity index (χ3n) is 6.31. The van der Waals surface area contributed by atoms with Crippen LogP contribution in [0.25, 0.3) is 0 Å². The van der Waals surface area contributed by atoms with Crippen LogP contribution in [0.5, 0.6) is 0 Å². The molecule has 0 unspecified atom stereocenters. The molecule has 0 radical (unpaired) electrons. The van der Waals surface area contributed by atoms with Gasteiger partial charge in [0.1, 0.15) is 18.8 Å². The minimum absolute atomic E-state index is 0.0739. The molecule has 6 atom stereocenters. The topological polar surface area (TPSA) is 218 Å². The number of aryl methyl sites for hydroxylation is 1. The smallest absolute Gasteiger partial charge is 0.324 e. The lowest BCUT2D eigenvalue weighted by Crippen LogP contribution is -2.60. The minimum atomic E-state index is -4.16. The van der Waals surface area contributed by atoms with Crippen LogP contribution in [0.4, 0.5) is 0 Å². The molecule has 1 aromatic carbocycles. The van der Waals surface area contributed by atoms with E-state index in [0.717, 1.165) is 45.1 Å². The van der Waals surface area contributed by atoms with Gasteiger partial charge in [0, 0.05) is 34.1 Å². The number of aromatic nitrogens is 3. The number of carbonyl (C=O) groups is 5. The first-order valence-electron chi connectivity index (χ1n) is 13.5. The summed E-state index contributed by atoms with van der Waals surface area (Å²) in [4.78, 5) is 60.2. The van der Waals surface area contributed by atoms with Crippen LogP contribution in [0.15, 0.2) is 35.4 Å². The Kier molecular flexibility index (Phi) is 11.7. The van der Waals surface area contributed by atoms with Crippen LogP contribution in [0.1, 0.15) is 45.2 Å². The van der Waals surface area contributed by atoms with Crippen molar-refractivity contribution in [2.24, 2.45) is 0 Å². The van der Waals surface area contributed by atoms with Crippen molar-refractivity contribution in [1.29, 1.82) is 0 Å². The van der Waals surface area contributed by atoms with Gasteiger partial charge in [-0.3, -0.25) is 24.0 Å². The number of benzene rings is 1.